The summed E-state index contributed by atoms with van der Waals surface area (Å²) in [7, 11) is 0.414. The number of nitrogens with zero attached hydrogens (tertiary/aromatic N) is 2. The molecule has 2 aliphatic heterocycles. The Hall–Kier alpha value is -2.66. The molecule has 2 amide bonds. The van der Waals surface area contributed by atoms with Crippen molar-refractivity contribution >= 4 is 30.6 Å². The molecular weight excluding hydrogens is 453 g/mol. The van der Waals surface area contributed by atoms with Gasteiger partial charge in [0.2, 0.25) is 0 Å². The third kappa shape index (κ3) is 6.13. The maximum Gasteiger partial charge on any atom is 0.497 e. The summed E-state index contributed by atoms with van der Waals surface area (Å²) in [5, 5.41) is 2.92. The number of hydrogen-bond donors (Lipinski definition) is 1. The minimum Gasteiger partial charge on any atom is -0.464 e. The number of likely N-dealkylation sites (tertiary alicyclic amines) is 1. The van der Waals surface area contributed by atoms with Crippen molar-refractivity contribution < 1.29 is 33.2 Å². The van der Waals surface area contributed by atoms with E-state index >= 15 is 0 Å². The summed E-state index contributed by atoms with van der Waals surface area (Å²) in [6.07, 6.45) is 1.03. The molecule has 3 heterocycles. The molecular formula is C24H36BN3O7. The van der Waals surface area contributed by atoms with Crippen LogP contribution in [0.5, 0.6) is 0 Å². The van der Waals surface area contributed by atoms with Crippen molar-refractivity contribution in [3.63, 3.8) is 0 Å². The number of nitrogens with one attached hydrogen (secondary N) is 1. The number of carbonyl (C=O) groups is 3. The molecule has 0 saturated carbocycles. The van der Waals surface area contributed by atoms with Crippen molar-refractivity contribution in [3.05, 3.63) is 23.5 Å². The molecule has 0 unspecified atom stereocenters. The first-order valence-corrected chi connectivity index (χ1v) is 11.9. The fraction of sp³-hybridized carbons (Fsp3) is 0.667. The normalized spacial score (nSPS) is 21.4. The molecule has 1 aromatic heterocycles. The molecule has 0 spiro atoms. The van der Waals surface area contributed by atoms with Gasteiger partial charge in [0, 0.05) is 24.6 Å². The number of hydrogen-bond acceptors (Lipinski definition) is 8. The van der Waals surface area contributed by atoms with Crippen LogP contribution in [0.2, 0.25) is 0 Å². The maximum atomic E-state index is 13.0. The molecule has 10 nitrogen and oxygen atoms in total. The van der Waals surface area contributed by atoms with Crippen LogP contribution in [-0.4, -0.2) is 78.0 Å². The quantitative estimate of drug-likeness (QED) is 0.506. The van der Waals surface area contributed by atoms with E-state index in [4.69, 9.17) is 18.8 Å². The monoisotopic (exact) mass is 489 g/mol. The highest BCUT2D eigenvalue weighted by Gasteiger charge is 2.53. The topological polar surface area (TPSA) is 116 Å². The smallest absolute Gasteiger partial charge is 0.464 e. The first kappa shape index (κ1) is 26.9. The molecule has 2 aliphatic rings. The molecule has 0 radical (unpaired) electrons. The van der Waals surface area contributed by atoms with E-state index in [1.807, 2.05) is 48.5 Å². The van der Waals surface area contributed by atoms with Gasteiger partial charge in [0.15, 0.2) is 0 Å². The minimum atomic E-state index is -0.834. The highest BCUT2D eigenvalue weighted by atomic mass is 16.7. The van der Waals surface area contributed by atoms with Gasteiger partial charge in [-0.25, -0.2) is 14.6 Å². The van der Waals surface area contributed by atoms with Gasteiger partial charge in [-0.3, -0.25) is 4.79 Å². The van der Waals surface area contributed by atoms with Crippen molar-refractivity contribution in [2.45, 2.75) is 84.2 Å². The number of carbonyl (C=O) groups excluding carboxylic acids is 3. The molecule has 11 heteroatoms. The van der Waals surface area contributed by atoms with Crippen LogP contribution < -0.4 is 10.8 Å². The Balaban J connectivity index is 1.76. The average Bonchev–Trinajstić information content (AvgIpc) is 2.98. The first-order chi connectivity index (χ1) is 16.1. The third-order valence-electron chi connectivity index (χ3n) is 6.45. The van der Waals surface area contributed by atoms with E-state index in [9.17, 15) is 14.4 Å². The lowest BCUT2D eigenvalue weighted by Gasteiger charge is -2.34. The van der Waals surface area contributed by atoms with Gasteiger partial charge in [-0.05, 0) is 67.4 Å². The maximum absolute atomic E-state index is 13.0. The van der Waals surface area contributed by atoms with Crippen LogP contribution in [0, 0.1) is 0 Å². The number of esters is 1. The van der Waals surface area contributed by atoms with E-state index in [-0.39, 0.29) is 17.4 Å². The summed E-state index contributed by atoms with van der Waals surface area (Å²) < 4.78 is 22.5. The van der Waals surface area contributed by atoms with E-state index < -0.39 is 41.9 Å². The molecule has 1 aromatic rings. The lowest BCUT2D eigenvalue weighted by atomic mass is 9.77. The molecule has 0 aromatic carbocycles. The number of pyridine rings is 1. The number of methoxy groups -OCH3 is 1. The summed E-state index contributed by atoms with van der Waals surface area (Å²) in [6, 6.07) is 2.86. The predicted octanol–water partition coefficient (Wildman–Crippen LogP) is 2.30. The zero-order valence-electron chi connectivity index (χ0n) is 21.9. The summed E-state index contributed by atoms with van der Waals surface area (Å²) >= 11 is 0. The molecule has 192 valence electrons. The summed E-state index contributed by atoms with van der Waals surface area (Å²) in [6.45, 7) is 14.0. The second-order valence-corrected chi connectivity index (χ2v) is 11.0. The Morgan fingerprint density at radius 3 is 2.34 bits per heavy atom. The highest BCUT2D eigenvalue weighted by molar-refractivity contribution is 6.63. The second kappa shape index (κ2) is 9.77. The van der Waals surface area contributed by atoms with Crippen LogP contribution in [0.4, 0.5) is 4.79 Å². The Kier molecular flexibility index (Phi) is 7.52. The van der Waals surface area contributed by atoms with Crippen LogP contribution in [-0.2, 0) is 18.8 Å². The van der Waals surface area contributed by atoms with E-state index in [1.54, 1.807) is 11.0 Å². The van der Waals surface area contributed by atoms with Crippen molar-refractivity contribution in [2.75, 3.05) is 20.2 Å². The van der Waals surface area contributed by atoms with Crippen molar-refractivity contribution in [2.24, 2.45) is 0 Å². The number of rotatable bonds is 4. The molecule has 1 N–H and O–H groups in total. The van der Waals surface area contributed by atoms with Gasteiger partial charge in [-0.15, -0.1) is 0 Å². The van der Waals surface area contributed by atoms with Crippen LogP contribution in [0.25, 0.3) is 0 Å². The standard InChI is InChI=1S/C24H36BN3O7/c1-22(2,3)33-21(31)28-13-9-10-15(14-28)26-19(29)17-12-11-16(18(27-17)20(30)32-8)25-34-23(4,5)24(6,7)35-25/h11-12,15H,9-10,13-14H2,1-8H3,(H,26,29)/t15-/m0/s1. The van der Waals surface area contributed by atoms with Crippen molar-refractivity contribution in [3.8, 4) is 0 Å². The molecule has 2 fully saturated rings. The Bertz CT molecular complexity index is 974. The summed E-state index contributed by atoms with van der Waals surface area (Å²) in [5.41, 5.74) is -1.41. The summed E-state index contributed by atoms with van der Waals surface area (Å²) in [5.74, 6) is -1.15. The molecule has 2 saturated heterocycles. The fourth-order valence-electron chi connectivity index (χ4n) is 3.86. The van der Waals surface area contributed by atoms with Gasteiger partial charge in [-0.2, -0.15) is 0 Å². The number of piperidine rings is 1. The van der Waals surface area contributed by atoms with Crippen molar-refractivity contribution in [1.82, 2.24) is 15.2 Å². The van der Waals surface area contributed by atoms with Gasteiger partial charge >= 0.3 is 19.2 Å². The molecule has 0 aliphatic carbocycles. The number of ether oxygens (including phenoxy) is 2. The van der Waals surface area contributed by atoms with Crippen LogP contribution in [0.1, 0.15) is 82.3 Å². The zero-order chi connectivity index (χ0) is 26.2. The van der Waals surface area contributed by atoms with E-state index in [0.29, 0.717) is 25.0 Å². The lowest BCUT2D eigenvalue weighted by molar-refractivity contribution is 0.00578. The molecule has 1 atom stereocenters. The molecule has 3 rings (SSSR count). The number of amides is 2. The van der Waals surface area contributed by atoms with Crippen LogP contribution in [0.15, 0.2) is 12.1 Å². The van der Waals surface area contributed by atoms with Gasteiger partial charge in [-0.1, -0.05) is 6.07 Å². The fourth-order valence-corrected chi connectivity index (χ4v) is 3.86. The Labute approximate surface area is 207 Å². The predicted molar refractivity (Wildman–Crippen MR) is 130 cm³/mol. The van der Waals surface area contributed by atoms with Crippen LogP contribution in [0.3, 0.4) is 0 Å². The third-order valence-corrected chi connectivity index (χ3v) is 6.45. The average molecular weight is 489 g/mol. The van der Waals surface area contributed by atoms with Gasteiger partial charge in [0.1, 0.15) is 17.0 Å². The van der Waals surface area contributed by atoms with Gasteiger partial charge in [0.05, 0.1) is 18.3 Å². The minimum absolute atomic E-state index is 0.0438. The molecule has 0 bridgehead atoms. The largest absolute Gasteiger partial charge is 0.497 e. The zero-order valence-corrected chi connectivity index (χ0v) is 21.9. The van der Waals surface area contributed by atoms with E-state index in [0.717, 1.165) is 6.42 Å². The Morgan fingerprint density at radius 2 is 1.77 bits per heavy atom. The van der Waals surface area contributed by atoms with Gasteiger partial charge < -0.3 is 29.0 Å². The van der Waals surface area contributed by atoms with E-state index in [2.05, 4.69) is 10.3 Å². The van der Waals surface area contributed by atoms with Crippen LogP contribution >= 0.6 is 0 Å². The van der Waals surface area contributed by atoms with Crippen molar-refractivity contribution in [1.29, 1.82) is 0 Å². The lowest BCUT2D eigenvalue weighted by Crippen LogP contribution is -2.51. The molecule has 35 heavy (non-hydrogen) atoms. The van der Waals surface area contributed by atoms with E-state index in [1.165, 1.54) is 13.2 Å². The summed E-state index contributed by atoms with van der Waals surface area (Å²) in [4.78, 5) is 43.8. The second-order valence-electron chi connectivity index (χ2n) is 11.0. The van der Waals surface area contributed by atoms with Gasteiger partial charge in [0.25, 0.3) is 5.91 Å². The highest BCUT2D eigenvalue weighted by Crippen LogP contribution is 2.36. The Morgan fingerprint density at radius 1 is 1.14 bits per heavy atom. The SMILES string of the molecule is COC(=O)c1nc(C(=O)N[C@H]2CCCN(C(=O)OC(C)(C)C)C2)ccc1B1OC(C)(C)C(C)(C)O1. The number of aromatic nitrogens is 1. The first-order valence-electron chi connectivity index (χ1n) is 11.9.